The quantitative estimate of drug-likeness (QED) is 0.546. The zero-order valence-electron chi connectivity index (χ0n) is 17.1. The lowest BCUT2D eigenvalue weighted by Crippen LogP contribution is -2.63. The molecular weight excluding hydrogens is 410 g/mol. The molecule has 9 nitrogen and oxygen atoms in total. The monoisotopic (exact) mass is 429 g/mol. The number of carbonyl (C=O) groups excluding carboxylic acids is 2. The van der Waals surface area contributed by atoms with Gasteiger partial charge in [-0.2, -0.15) is 0 Å². The van der Waals surface area contributed by atoms with Crippen LogP contribution in [0.2, 0.25) is 0 Å². The Balaban J connectivity index is 1.58. The van der Waals surface area contributed by atoms with Crippen molar-refractivity contribution in [3.05, 3.63) is 70.3 Å². The lowest BCUT2D eigenvalue weighted by atomic mass is 9.83. The van der Waals surface area contributed by atoms with E-state index < -0.39 is 30.0 Å². The first kappa shape index (κ1) is 18.1. The Bertz CT molecular complexity index is 1430. The van der Waals surface area contributed by atoms with E-state index in [1.807, 2.05) is 24.3 Å². The smallest absolute Gasteiger partial charge is 0.262 e. The molecule has 2 bridgehead atoms. The summed E-state index contributed by atoms with van der Waals surface area (Å²) in [5.74, 6) is -0.137. The van der Waals surface area contributed by atoms with Crippen LogP contribution in [0.5, 0.6) is 0 Å². The Morgan fingerprint density at radius 3 is 2.69 bits per heavy atom. The maximum absolute atomic E-state index is 13.5. The molecule has 3 aromatic rings. The van der Waals surface area contributed by atoms with E-state index in [-0.39, 0.29) is 23.8 Å². The standard InChI is InChI=1S/C23H19N5O4/c1-11-20(30)28-15-9-5-3-7-13(15)23(32)10-16-19(29)25-18(26(11)22(23)28)17-24-14-8-4-2-6-12(14)21(31)27(16)17/h2-9,11,16,18,22,32H,10H2,1H3,(H,25,29)/t11-,16-,18-,22-,23+/m0/s1. The molecule has 0 saturated carbocycles. The van der Waals surface area contributed by atoms with Gasteiger partial charge in [-0.1, -0.05) is 30.3 Å². The van der Waals surface area contributed by atoms with E-state index in [9.17, 15) is 19.5 Å². The second kappa shape index (κ2) is 5.62. The number of aromatic nitrogens is 2. The molecule has 1 aromatic heterocycles. The van der Waals surface area contributed by atoms with Gasteiger partial charge in [0, 0.05) is 12.0 Å². The number of hydrogen-bond acceptors (Lipinski definition) is 6. The fourth-order valence-corrected chi connectivity index (χ4v) is 6.03. The Morgan fingerprint density at radius 2 is 1.84 bits per heavy atom. The van der Waals surface area contributed by atoms with Crippen LogP contribution in [0.15, 0.2) is 53.3 Å². The van der Waals surface area contributed by atoms with Crippen LogP contribution in [-0.4, -0.2) is 43.6 Å². The van der Waals surface area contributed by atoms with Gasteiger partial charge < -0.3 is 10.4 Å². The number of rotatable bonds is 0. The fourth-order valence-electron chi connectivity index (χ4n) is 6.03. The van der Waals surface area contributed by atoms with E-state index in [1.54, 1.807) is 41.0 Å². The van der Waals surface area contributed by atoms with Crippen LogP contribution in [0.4, 0.5) is 5.69 Å². The highest BCUT2D eigenvalue weighted by Gasteiger charge is 2.66. The van der Waals surface area contributed by atoms with Gasteiger partial charge >= 0.3 is 0 Å². The molecule has 5 aliphatic heterocycles. The van der Waals surface area contributed by atoms with Crippen LogP contribution in [0, 0.1) is 0 Å². The zero-order chi connectivity index (χ0) is 21.9. The van der Waals surface area contributed by atoms with Crippen LogP contribution >= 0.6 is 0 Å². The van der Waals surface area contributed by atoms with E-state index in [0.717, 1.165) is 0 Å². The molecule has 8 rings (SSSR count). The van der Waals surface area contributed by atoms with Crippen molar-refractivity contribution in [3.8, 4) is 0 Å². The van der Waals surface area contributed by atoms with Crippen LogP contribution in [0.1, 0.15) is 36.9 Å². The molecule has 5 atom stereocenters. The zero-order valence-corrected chi connectivity index (χ0v) is 17.1. The summed E-state index contributed by atoms with van der Waals surface area (Å²) in [5.41, 5.74) is -0.0647. The third kappa shape index (κ3) is 1.88. The summed E-state index contributed by atoms with van der Waals surface area (Å²) in [6.45, 7) is 1.76. The Morgan fingerprint density at radius 1 is 1.09 bits per heavy atom. The highest BCUT2D eigenvalue weighted by Crippen LogP contribution is 2.55. The number of amides is 2. The van der Waals surface area contributed by atoms with Crippen molar-refractivity contribution in [2.45, 2.75) is 43.4 Å². The molecule has 2 N–H and O–H groups in total. The number of benzene rings is 2. The molecule has 32 heavy (non-hydrogen) atoms. The van der Waals surface area contributed by atoms with Gasteiger partial charge in [0.15, 0.2) is 5.82 Å². The first-order valence-corrected chi connectivity index (χ1v) is 10.7. The van der Waals surface area contributed by atoms with E-state index in [4.69, 9.17) is 4.98 Å². The van der Waals surface area contributed by atoms with E-state index in [1.165, 1.54) is 4.57 Å². The van der Waals surface area contributed by atoms with E-state index >= 15 is 0 Å². The van der Waals surface area contributed by atoms with Crippen LogP contribution in [0.3, 0.4) is 0 Å². The molecule has 0 aliphatic carbocycles. The van der Waals surface area contributed by atoms with Crippen molar-refractivity contribution in [3.63, 3.8) is 0 Å². The second-order valence-corrected chi connectivity index (χ2v) is 8.94. The number of anilines is 1. The van der Waals surface area contributed by atoms with Gasteiger partial charge in [-0.25, -0.2) is 9.88 Å². The molecule has 160 valence electrons. The van der Waals surface area contributed by atoms with Gasteiger partial charge in [0.05, 0.1) is 22.6 Å². The number of hydrogen-bond donors (Lipinski definition) is 2. The van der Waals surface area contributed by atoms with Crippen molar-refractivity contribution >= 4 is 28.4 Å². The topological polar surface area (TPSA) is 108 Å². The molecule has 2 saturated heterocycles. The summed E-state index contributed by atoms with van der Waals surface area (Å²) in [4.78, 5) is 48.3. The minimum absolute atomic E-state index is 0.0485. The Hall–Kier alpha value is -3.56. The molecule has 0 unspecified atom stereocenters. The molecule has 2 aromatic carbocycles. The first-order valence-electron chi connectivity index (χ1n) is 10.7. The molecule has 2 amide bonds. The van der Waals surface area contributed by atoms with Crippen molar-refractivity contribution in [2.75, 3.05) is 4.90 Å². The number of nitrogens with zero attached hydrogens (tertiary/aromatic N) is 4. The number of aliphatic hydroxyl groups is 1. The van der Waals surface area contributed by atoms with Gasteiger partial charge in [-0.3, -0.25) is 23.9 Å². The molecular formula is C23H19N5O4. The van der Waals surface area contributed by atoms with Gasteiger partial charge in [0.1, 0.15) is 24.0 Å². The highest BCUT2D eigenvalue weighted by molar-refractivity contribution is 6.03. The average molecular weight is 429 g/mol. The predicted octanol–water partition coefficient (Wildman–Crippen LogP) is 0.734. The normalized spacial score (nSPS) is 32.4. The molecule has 2 fully saturated rings. The van der Waals surface area contributed by atoms with Crippen LogP contribution in [0.25, 0.3) is 10.9 Å². The van der Waals surface area contributed by atoms with Gasteiger partial charge in [0.2, 0.25) is 11.8 Å². The second-order valence-electron chi connectivity index (χ2n) is 8.94. The third-order valence-electron chi connectivity index (χ3n) is 7.40. The highest BCUT2D eigenvalue weighted by atomic mass is 16.3. The SMILES string of the molecule is C[C@H]1C(=O)N2c3ccccc3[C@]3(O)C[C@H]4C(=O)N[C@H](c5nc6ccccc6c(=O)n54)N1[C@@H]23. The Kier molecular flexibility index (Phi) is 3.17. The van der Waals surface area contributed by atoms with Crippen LogP contribution < -0.4 is 15.8 Å². The molecule has 5 aliphatic rings. The summed E-state index contributed by atoms with van der Waals surface area (Å²) in [5, 5.41) is 15.5. The van der Waals surface area contributed by atoms with E-state index in [0.29, 0.717) is 28.0 Å². The minimum atomic E-state index is -1.51. The molecule has 6 heterocycles. The minimum Gasteiger partial charge on any atom is -0.381 e. The molecule has 9 heteroatoms. The third-order valence-corrected chi connectivity index (χ3v) is 7.40. The molecule has 0 radical (unpaired) electrons. The molecule has 0 spiro atoms. The largest absolute Gasteiger partial charge is 0.381 e. The summed E-state index contributed by atoms with van der Waals surface area (Å²) in [6.07, 6.45) is -1.58. The summed E-state index contributed by atoms with van der Waals surface area (Å²) >= 11 is 0. The number of fused-ring (bicyclic) bond motifs is 4. The Labute approximate surface area is 181 Å². The van der Waals surface area contributed by atoms with Crippen molar-refractivity contribution in [2.24, 2.45) is 0 Å². The summed E-state index contributed by atoms with van der Waals surface area (Å²) in [7, 11) is 0. The van der Waals surface area contributed by atoms with Gasteiger partial charge in [-0.15, -0.1) is 0 Å². The number of para-hydroxylation sites is 2. The lowest BCUT2D eigenvalue weighted by molar-refractivity contribution is -0.144. The van der Waals surface area contributed by atoms with Gasteiger partial charge in [-0.05, 0) is 25.1 Å². The van der Waals surface area contributed by atoms with E-state index in [2.05, 4.69) is 5.32 Å². The first-order chi connectivity index (χ1) is 15.4. The van der Waals surface area contributed by atoms with Crippen molar-refractivity contribution < 1.29 is 14.7 Å². The average Bonchev–Trinajstić information content (AvgIpc) is 3.19. The lowest BCUT2D eigenvalue weighted by Gasteiger charge is -2.48. The maximum atomic E-state index is 13.5. The number of nitrogens with one attached hydrogen (secondary N) is 1. The summed E-state index contributed by atoms with van der Waals surface area (Å²) < 4.78 is 1.42. The fraction of sp³-hybridized carbons (Fsp3) is 0.304. The predicted molar refractivity (Wildman–Crippen MR) is 113 cm³/mol. The maximum Gasteiger partial charge on any atom is 0.262 e. The summed E-state index contributed by atoms with van der Waals surface area (Å²) in [6, 6.07) is 12.7. The van der Waals surface area contributed by atoms with Gasteiger partial charge in [0.25, 0.3) is 5.56 Å². The van der Waals surface area contributed by atoms with Crippen LogP contribution in [-0.2, 0) is 15.2 Å². The number of carbonyl (C=O) groups is 2. The van der Waals surface area contributed by atoms with Crippen molar-refractivity contribution in [1.29, 1.82) is 0 Å². The van der Waals surface area contributed by atoms with Crippen molar-refractivity contribution in [1.82, 2.24) is 19.8 Å².